The van der Waals surface area contributed by atoms with E-state index >= 15 is 0 Å². The third-order valence-corrected chi connectivity index (χ3v) is 5.00. The maximum Gasteiger partial charge on any atom is 0.254 e. The largest absolute Gasteiger partial charge is 0.338 e. The molecule has 3 heteroatoms. The molecule has 1 fully saturated rings. The molecule has 1 aliphatic rings. The summed E-state index contributed by atoms with van der Waals surface area (Å²) in [6, 6.07) is 5.96. The number of rotatable bonds is 2. The first kappa shape index (κ1) is 12.9. The lowest BCUT2D eigenvalue weighted by atomic mass is 10.1. The van der Waals surface area contributed by atoms with Crippen LogP contribution in [0.1, 0.15) is 35.7 Å². The van der Waals surface area contributed by atoms with Crippen molar-refractivity contribution in [1.82, 2.24) is 4.90 Å². The van der Waals surface area contributed by atoms with Crippen LogP contribution < -0.4 is 0 Å². The minimum absolute atomic E-state index is 0.203. The first-order chi connectivity index (χ1) is 8.13. The highest BCUT2D eigenvalue weighted by Crippen LogP contribution is 2.24. The van der Waals surface area contributed by atoms with Gasteiger partial charge in [0.05, 0.1) is 5.56 Å². The number of likely N-dealkylation sites (tertiary alicyclic amines) is 1. The maximum absolute atomic E-state index is 12.4. The number of aryl methyl sites for hydroxylation is 1. The van der Waals surface area contributed by atoms with Crippen LogP contribution in [0, 0.1) is 16.4 Å². The summed E-state index contributed by atoms with van der Waals surface area (Å²) in [6.45, 7) is 6.10. The molecule has 0 saturated carbocycles. The van der Waals surface area contributed by atoms with Crippen molar-refractivity contribution in [1.29, 1.82) is 0 Å². The first-order valence-corrected chi connectivity index (χ1v) is 7.25. The molecule has 0 aliphatic carbocycles. The molecule has 17 heavy (non-hydrogen) atoms. The van der Waals surface area contributed by atoms with Crippen molar-refractivity contribution in [2.24, 2.45) is 5.92 Å². The highest BCUT2D eigenvalue weighted by Gasteiger charge is 2.26. The molecule has 1 atom stereocenters. The minimum atomic E-state index is 0.203. The Bertz CT molecular complexity index is 430. The zero-order chi connectivity index (χ0) is 12.4. The van der Waals surface area contributed by atoms with Gasteiger partial charge in [-0.2, -0.15) is 0 Å². The second-order valence-electron chi connectivity index (χ2n) is 4.75. The molecule has 0 spiro atoms. The summed E-state index contributed by atoms with van der Waals surface area (Å²) in [7, 11) is 0. The molecule has 1 aromatic carbocycles. The number of halogens is 1. The Labute approximate surface area is 117 Å². The van der Waals surface area contributed by atoms with Gasteiger partial charge in [0.2, 0.25) is 0 Å². The van der Waals surface area contributed by atoms with E-state index in [1.165, 1.54) is 12.0 Å². The van der Waals surface area contributed by atoms with E-state index in [1.54, 1.807) is 0 Å². The van der Waals surface area contributed by atoms with Crippen LogP contribution in [0.3, 0.4) is 0 Å². The Morgan fingerprint density at radius 2 is 2.29 bits per heavy atom. The number of hydrogen-bond donors (Lipinski definition) is 0. The molecule has 1 aliphatic heterocycles. The standard InChI is InChI=1S/C14H18INO/c1-3-11-7-8-16(9-11)14(17)12-6-4-5-10(2)13(12)15/h4-6,11H,3,7-9H2,1-2H3. The minimum Gasteiger partial charge on any atom is -0.338 e. The van der Waals surface area contributed by atoms with Gasteiger partial charge in [0.25, 0.3) is 5.91 Å². The fourth-order valence-corrected chi connectivity index (χ4v) is 2.92. The van der Waals surface area contributed by atoms with E-state index in [-0.39, 0.29) is 5.91 Å². The molecule has 0 N–H and O–H groups in total. The summed E-state index contributed by atoms with van der Waals surface area (Å²) in [4.78, 5) is 14.4. The van der Waals surface area contributed by atoms with E-state index in [9.17, 15) is 4.79 Å². The van der Waals surface area contributed by atoms with Crippen LogP contribution in [-0.4, -0.2) is 23.9 Å². The van der Waals surface area contributed by atoms with Gasteiger partial charge < -0.3 is 4.90 Å². The predicted molar refractivity (Wildman–Crippen MR) is 78.2 cm³/mol. The molecule has 1 aromatic rings. The lowest BCUT2D eigenvalue weighted by molar-refractivity contribution is 0.0786. The summed E-state index contributed by atoms with van der Waals surface area (Å²) < 4.78 is 1.09. The van der Waals surface area contributed by atoms with Gasteiger partial charge in [-0.3, -0.25) is 4.79 Å². The summed E-state index contributed by atoms with van der Waals surface area (Å²) in [5, 5.41) is 0. The fraction of sp³-hybridized carbons (Fsp3) is 0.500. The second-order valence-corrected chi connectivity index (χ2v) is 5.83. The summed E-state index contributed by atoms with van der Waals surface area (Å²) >= 11 is 2.27. The molecule has 1 saturated heterocycles. The molecular weight excluding hydrogens is 325 g/mol. The van der Waals surface area contributed by atoms with Crippen molar-refractivity contribution in [2.45, 2.75) is 26.7 Å². The van der Waals surface area contributed by atoms with Crippen LogP contribution in [-0.2, 0) is 0 Å². The number of nitrogens with zero attached hydrogens (tertiary/aromatic N) is 1. The van der Waals surface area contributed by atoms with Crippen LogP contribution in [0.15, 0.2) is 18.2 Å². The third kappa shape index (κ3) is 2.64. The smallest absolute Gasteiger partial charge is 0.254 e. The molecule has 0 aromatic heterocycles. The number of hydrogen-bond acceptors (Lipinski definition) is 1. The van der Waals surface area contributed by atoms with Gasteiger partial charge in [0.1, 0.15) is 0 Å². The number of carbonyl (C=O) groups is 1. The number of carbonyl (C=O) groups excluding carboxylic acids is 1. The quantitative estimate of drug-likeness (QED) is 0.753. The average molecular weight is 343 g/mol. The first-order valence-electron chi connectivity index (χ1n) is 6.18. The lowest BCUT2D eigenvalue weighted by Gasteiger charge is -2.17. The van der Waals surface area contributed by atoms with Crippen molar-refractivity contribution in [3.63, 3.8) is 0 Å². The highest BCUT2D eigenvalue weighted by molar-refractivity contribution is 14.1. The monoisotopic (exact) mass is 343 g/mol. The lowest BCUT2D eigenvalue weighted by Crippen LogP contribution is -2.29. The maximum atomic E-state index is 12.4. The van der Waals surface area contributed by atoms with E-state index in [2.05, 4.69) is 42.5 Å². The Hall–Kier alpha value is -0.580. The molecular formula is C14H18INO. The molecule has 2 rings (SSSR count). The van der Waals surface area contributed by atoms with E-state index in [4.69, 9.17) is 0 Å². The SMILES string of the molecule is CCC1CCN(C(=O)c2cccc(C)c2I)C1. The van der Waals surface area contributed by atoms with E-state index in [1.807, 2.05) is 17.0 Å². The van der Waals surface area contributed by atoms with E-state index in [0.717, 1.165) is 28.6 Å². The van der Waals surface area contributed by atoms with Crippen molar-refractivity contribution in [3.8, 4) is 0 Å². The van der Waals surface area contributed by atoms with Crippen molar-refractivity contribution in [2.75, 3.05) is 13.1 Å². The van der Waals surface area contributed by atoms with Crippen LogP contribution in [0.5, 0.6) is 0 Å². The van der Waals surface area contributed by atoms with Gasteiger partial charge in [-0.15, -0.1) is 0 Å². The molecule has 0 bridgehead atoms. The Morgan fingerprint density at radius 3 is 2.94 bits per heavy atom. The van der Waals surface area contributed by atoms with Crippen LogP contribution in [0.2, 0.25) is 0 Å². The fourth-order valence-electron chi connectivity index (χ4n) is 2.33. The van der Waals surface area contributed by atoms with Crippen molar-refractivity contribution in [3.05, 3.63) is 32.9 Å². The third-order valence-electron chi connectivity index (χ3n) is 3.57. The van der Waals surface area contributed by atoms with Crippen molar-refractivity contribution < 1.29 is 4.79 Å². The van der Waals surface area contributed by atoms with Gasteiger partial charge in [0, 0.05) is 16.7 Å². The summed E-state index contributed by atoms with van der Waals surface area (Å²) in [5.74, 6) is 0.899. The van der Waals surface area contributed by atoms with Crippen molar-refractivity contribution >= 4 is 28.5 Å². The van der Waals surface area contributed by atoms with Crippen LogP contribution >= 0.6 is 22.6 Å². The normalized spacial score (nSPS) is 19.7. The Balaban J connectivity index is 2.18. The average Bonchev–Trinajstić information content (AvgIpc) is 2.80. The summed E-state index contributed by atoms with van der Waals surface area (Å²) in [5.41, 5.74) is 2.05. The van der Waals surface area contributed by atoms with Gasteiger partial charge in [0.15, 0.2) is 0 Å². The van der Waals surface area contributed by atoms with Gasteiger partial charge in [-0.1, -0.05) is 25.5 Å². The zero-order valence-corrected chi connectivity index (χ0v) is 12.5. The van der Waals surface area contributed by atoms with Gasteiger partial charge >= 0.3 is 0 Å². The van der Waals surface area contributed by atoms with E-state index < -0.39 is 0 Å². The molecule has 1 unspecified atom stereocenters. The predicted octanol–water partition coefficient (Wildman–Crippen LogP) is 3.47. The highest BCUT2D eigenvalue weighted by atomic mass is 127. The number of benzene rings is 1. The molecule has 0 radical (unpaired) electrons. The van der Waals surface area contributed by atoms with Gasteiger partial charge in [-0.05, 0) is 53.5 Å². The molecule has 2 nitrogen and oxygen atoms in total. The summed E-state index contributed by atoms with van der Waals surface area (Å²) in [6.07, 6.45) is 2.33. The topological polar surface area (TPSA) is 20.3 Å². The second kappa shape index (κ2) is 5.38. The Morgan fingerprint density at radius 1 is 1.53 bits per heavy atom. The van der Waals surface area contributed by atoms with Crippen LogP contribution in [0.4, 0.5) is 0 Å². The molecule has 1 amide bonds. The number of amides is 1. The molecule has 1 heterocycles. The molecule has 92 valence electrons. The van der Waals surface area contributed by atoms with Gasteiger partial charge in [-0.25, -0.2) is 0 Å². The van der Waals surface area contributed by atoms with Crippen LogP contribution in [0.25, 0.3) is 0 Å². The zero-order valence-electron chi connectivity index (χ0n) is 10.4. The van der Waals surface area contributed by atoms with E-state index in [0.29, 0.717) is 5.92 Å². The Kier molecular flexibility index (Phi) is 4.07.